The highest BCUT2D eigenvalue weighted by molar-refractivity contribution is 5.98. The molecule has 0 N–H and O–H groups in total. The minimum Gasteiger partial charge on any atom is -0.465 e. The maximum Gasteiger partial charge on any atom is 0.337 e. The van der Waals surface area contributed by atoms with Crippen LogP contribution in [0.3, 0.4) is 0 Å². The number of rotatable bonds is 4. The summed E-state index contributed by atoms with van der Waals surface area (Å²) in [5, 5.41) is 0. The Balaban J connectivity index is 1.65. The summed E-state index contributed by atoms with van der Waals surface area (Å²) >= 11 is 0. The highest BCUT2D eigenvalue weighted by Gasteiger charge is 2.40. The first kappa shape index (κ1) is 25.6. The van der Waals surface area contributed by atoms with E-state index in [-0.39, 0.29) is 17.8 Å². The van der Waals surface area contributed by atoms with Gasteiger partial charge in [-0.15, -0.1) is 0 Å². The van der Waals surface area contributed by atoms with Crippen molar-refractivity contribution in [3.63, 3.8) is 0 Å². The van der Waals surface area contributed by atoms with Crippen LogP contribution in [-0.2, 0) is 20.6 Å². The van der Waals surface area contributed by atoms with E-state index in [1.165, 1.54) is 32.5 Å². The van der Waals surface area contributed by atoms with Crippen molar-refractivity contribution in [1.82, 2.24) is 0 Å². The summed E-state index contributed by atoms with van der Waals surface area (Å²) in [6, 6.07) is 25.2. The standard InChI is InChI=1S/C34H28O6/c1-38-32(35)21-10-8-20(9-11-21)27-17-23(34(37)40-3)18-29-25-14-13-22(33(36)39-2)16-28(25)30-24-7-5-4-6-19(24)12-15-26(30)31(27)29/h4-11,13-14,16-18,26,30H,12,15H2,1-3H3/t26-,30+/m1/s1. The van der Waals surface area contributed by atoms with Crippen molar-refractivity contribution < 1.29 is 28.6 Å². The smallest absolute Gasteiger partial charge is 0.337 e. The van der Waals surface area contributed by atoms with Crippen LogP contribution < -0.4 is 0 Å². The van der Waals surface area contributed by atoms with Crippen molar-refractivity contribution in [1.29, 1.82) is 0 Å². The molecular weight excluding hydrogens is 504 g/mol. The van der Waals surface area contributed by atoms with Gasteiger partial charge in [-0.2, -0.15) is 0 Å². The van der Waals surface area contributed by atoms with Crippen molar-refractivity contribution in [3.05, 3.63) is 118 Å². The third-order valence-corrected chi connectivity index (χ3v) is 8.20. The van der Waals surface area contributed by atoms with Crippen molar-refractivity contribution in [2.75, 3.05) is 21.3 Å². The first-order valence-electron chi connectivity index (χ1n) is 13.2. The number of benzene rings is 4. The third kappa shape index (κ3) is 4.08. The van der Waals surface area contributed by atoms with Crippen LogP contribution in [0.1, 0.15) is 71.6 Å². The molecular formula is C34H28O6. The Bertz CT molecular complexity index is 1650. The largest absolute Gasteiger partial charge is 0.465 e. The summed E-state index contributed by atoms with van der Waals surface area (Å²) in [6.07, 6.45) is 1.82. The van der Waals surface area contributed by atoms with Gasteiger partial charge in [0.1, 0.15) is 0 Å². The van der Waals surface area contributed by atoms with Gasteiger partial charge in [-0.1, -0.05) is 42.5 Å². The second-order valence-corrected chi connectivity index (χ2v) is 10.2. The van der Waals surface area contributed by atoms with Crippen molar-refractivity contribution in [2.45, 2.75) is 24.7 Å². The molecule has 40 heavy (non-hydrogen) atoms. The Kier molecular flexibility index (Phi) is 6.46. The van der Waals surface area contributed by atoms with E-state index in [0.717, 1.165) is 46.2 Å². The Hall–Kier alpha value is -4.71. The molecule has 2 aliphatic rings. The maximum atomic E-state index is 12.9. The highest BCUT2D eigenvalue weighted by atomic mass is 16.5. The Morgan fingerprint density at radius 3 is 1.98 bits per heavy atom. The summed E-state index contributed by atoms with van der Waals surface area (Å²) in [4.78, 5) is 37.5. The Morgan fingerprint density at radius 1 is 0.625 bits per heavy atom. The molecule has 4 aromatic rings. The number of aryl methyl sites for hydroxylation is 1. The van der Waals surface area contributed by atoms with Gasteiger partial charge in [0.15, 0.2) is 0 Å². The molecule has 4 aromatic carbocycles. The van der Waals surface area contributed by atoms with Gasteiger partial charge in [-0.25, -0.2) is 14.4 Å². The number of hydrogen-bond acceptors (Lipinski definition) is 6. The summed E-state index contributed by atoms with van der Waals surface area (Å²) in [5.41, 5.74) is 9.86. The number of esters is 3. The molecule has 2 aliphatic carbocycles. The van der Waals surface area contributed by atoms with Crippen LogP contribution in [0.5, 0.6) is 0 Å². The third-order valence-electron chi connectivity index (χ3n) is 8.20. The average molecular weight is 533 g/mol. The molecule has 0 spiro atoms. The lowest BCUT2D eigenvalue weighted by Crippen LogP contribution is -2.26. The predicted octanol–water partition coefficient (Wildman–Crippen LogP) is 6.56. The molecule has 200 valence electrons. The van der Waals surface area contributed by atoms with Gasteiger partial charge in [0.2, 0.25) is 0 Å². The fraction of sp³-hybridized carbons (Fsp3) is 0.206. The lowest BCUT2D eigenvalue weighted by molar-refractivity contribution is 0.0592. The number of carbonyl (C=O) groups is 3. The van der Waals surface area contributed by atoms with E-state index in [4.69, 9.17) is 14.2 Å². The first-order valence-corrected chi connectivity index (χ1v) is 13.2. The van der Waals surface area contributed by atoms with Gasteiger partial charge in [0, 0.05) is 5.92 Å². The van der Waals surface area contributed by atoms with Crippen LogP contribution in [0, 0.1) is 0 Å². The molecule has 0 saturated heterocycles. The monoisotopic (exact) mass is 532 g/mol. The van der Waals surface area contributed by atoms with Gasteiger partial charge < -0.3 is 14.2 Å². The van der Waals surface area contributed by atoms with E-state index in [0.29, 0.717) is 16.7 Å². The Morgan fingerprint density at radius 2 is 1.25 bits per heavy atom. The van der Waals surface area contributed by atoms with Crippen LogP contribution in [0.25, 0.3) is 22.3 Å². The molecule has 0 amide bonds. The van der Waals surface area contributed by atoms with Gasteiger partial charge in [0.25, 0.3) is 0 Å². The highest BCUT2D eigenvalue weighted by Crippen LogP contribution is 2.57. The van der Waals surface area contributed by atoms with Gasteiger partial charge in [-0.3, -0.25) is 0 Å². The lowest BCUT2D eigenvalue weighted by atomic mass is 9.62. The fourth-order valence-corrected chi connectivity index (χ4v) is 6.42. The lowest BCUT2D eigenvalue weighted by Gasteiger charge is -2.41. The quantitative estimate of drug-likeness (QED) is 0.219. The van der Waals surface area contributed by atoms with E-state index in [2.05, 4.69) is 24.3 Å². The number of fused-ring (bicyclic) bond motifs is 8. The van der Waals surface area contributed by atoms with Crippen molar-refractivity contribution >= 4 is 17.9 Å². The molecule has 6 rings (SSSR count). The van der Waals surface area contributed by atoms with E-state index < -0.39 is 11.9 Å². The average Bonchev–Trinajstić information content (AvgIpc) is 3.02. The van der Waals surface area contributed by atoms with Crippen LogP contribution in [-0.4, -0.2) is 39.2 Å². The number of hydrogen-bond donors (Lipinski definition) is 0. The van der Waals surface area contributed by atoms with Crippen LogP contribution in [0.2, 0.25) is 0 Å². The second-order valence-electron chi connectivity index (χ2n) is 10.2. The minimum absolute atomic E-state index is 0.0223. The van der Waals surface area contributed by atoms with Crippen LogP contribution in [0.4, 0.5) is 0 Å². The molecule has 0 bridgehead atoms. The zero-order valence-corrected chi connectivity index (χ0v) is 22.5. The number of carbonyl (C=O) groups excluding carboxylic acids is 3. The summed E-state index contributed by atoms with van der Waals surface area (Å²) in [7, 11) is 4.12. The van der Waals surface area contributed by atoms with E-state index in [9.17, 15) is 14.4 Å². The maximum absolute atomic E-state index is 12.9. The van der Waals surface area contributed by atoms with Gasteiger partial charge >= 0.3 is 17.9 Å². The topological polar surface area (TPSA) is 78.9 Å². The molecule has 0 radical (unpaired) electrons. The molecule has 6 heteroatoms. The Labute approximate surface area is 232 Å². The van der Waals surface area contributed by atoms with Crippen LogP contribution in [0.15, 0.2) is 78.9 Å². The van der Waals surface area contributed by atoms with Gasteiger partial charge in [0.05, 0.1) is 38.0 Å². The zero-order valence-electron chi connectivity index (χ0n) is 22.5. The molecule has 0 unspecified atom stereocenters. The summed E-state index contributed by atoms with van der Waals surface area (Å²) in [5.74, 6) is -1.10. The predicted molar refractivity (Wildman–Crippen MR) is 151 cm³/mol. The van der Waals surface area contributed by atoms with E-state index >= 15 is 0 Å². The van der Waals surface area contributed by atoms with E-state index in [1.807, 2.05) is 36.4 Å². The number of ether oxygens (including phenoxy) is 3. The first-order chi connectivity index (χ1) is 19.4. The molecule has 6 nitrogen and oxygen atoms in total. The van der Waals surface area contributed by atoms with Crippen molar-refractivity contribution in [2.24, 2.45) is 0 Å². The molecule has 0 heterocycles. The fourth-order valence-electron chi connectivity index (χ4n) is 6.42. The second kappa shape index (κ2) is 10.1. The summed E-state index contributed by atoms with van der Waals surface area (Å²) in [6.45, 7) is 0. The summed E-state index contributed by atoms with van der Waals surface area (Å²) < 4.78 is 15.1. The SMILES string of the molecule is COC(=O)c1ccc(-c2cc(C(=O)OC)cc3c2[C@@H]2CCc4ccccc4[C@@H]2c2cc(C(=O)OC)ccc2-3)cc1. The molecule has 0 saturated carbocycles. The molecule has 0 fully saturated rings. The molecule has 0 aliphatic heterocycles. The molecule has 0 aromatic heterocycles. The molecule has 2 atom stereocenters. The normalized spacial score (nSPS) is 16.5. The van der Waals surface area contributed by atoms with Crippen LogP contribution >= 0.6 is 0 Å². The zero-order chi connectivity index (χ0) is 28.0. The van der Waals surface area contributed by atoms with Gasteiger partial charge in [-0.05, 0) is 99.7 Å². The van der Waals surface area contributed by atoms with Crippen molar-refractivity contribution in [3.8, 4) is 22.3 Å². The van der Waals surface area contributed by atoms with E-state index in [1.54, 1.807) is 18.2 Å². The number of methoxy groups -OCH3 is 3. The minimum atomic E-state index is -0.431.